The lowest BCUT2D eigenvalue weighted by atomic mass is 9.89. The quantitative estimate of drug-likeness (QED) is 0.858. The van der Waals surface area contributed by atoms with Gasteiger partial charge in [0, 0.05) is 5.56 Å². The van der Waals surface area contributed by atoms with E-state index in [1.165, 1.54) is 0 Å². The predicted octanol–water partition coefficient (Wildman–Crippen LogP) is 4.35. The van der Waals surface area contributed by atoms with Gasteiger partial charge in [-0.1, -0.05) is 32.4 Å². The topological polar surface area (TPSA) is 12.0 Å². The van der Waals surface area contributed by atoms with Gasteiger partial charge in [-0.25, -0.2) is 0 Å². The molecule has 1 heterocycles. The van der Waals surface area contributed by atoms with Crippen molar-refractivity contribution in [2.75, 3.05) is 6.54 Å². The Balaban J connectivity index is 2.35. The highest BCUT2D eigenvalue weighted by atomic mass is 19.3. The van der Waals surface area contributed by atoms with Crippen molar-refractivity contribution in [3.8, 4) is 0 Å². The molecule has 0 amide bonds. The molecule has 0 spiro atoms. The molecule has 0 aromatic heterocycles. The second-order valence-corrected chi connectivity index (χ2v) is 5.85. The van der Waals surface area contributed by atoms with Crippen molar-refractivity contribution in [3.63, 3.8) is 0 Å². The molecule has 19 heavy (non-hydrogen) atoms. The van der Waals surface area contributed by atoms with Crippen molar-refractivity contribution in [3.05, 3.63) is 34.9 Å². The maximum atomic E-state index is 14.7. The van der Waals surface area contributed by atoms with Crippen LogP contribution in [-0.2, 0) is 5.92 Å². The number of alkyl halides is 2. The standard InChI is InChI=1S/C16H23F2N/c1-11(2)13-8-7-12(3)14(10-13)16(17,18)15-6-4-5-9-19-15/h7-8,10-11,15,19H,4-6,9H2,1-3H3. The summed E-state index contributed by atoms with van der Waals surface area (Å²) in [6, 6.07) is 4.74. The third kappa shape index (κ3) is 2.97. The van der Waals surface area contributed by atoms with Crippen molar-refractivity contribution in [1.82, 2.24) is 5.32 Å². The summed E-state index contributed by atoms with van der Waals surface area (Å²) in [4.78, 5) is 0. The number of halogens is 2. The molecular formula is C16H23F2N. The molecule has 1 unspecified atom stereocenters. The Kier molecular flexibility index (Phi) is 4.24. The fraction of sp³-hybridized carbons (Fsp3) is 0.625. The van der Waals surface area contributed by atoms with Crippen LogP contribution in [0.5, 0.6) is 0 Å². The van der Waals surface area contributed by atoms with Gasteiger partial charge in [0.2, 0.25) is 0 Å². The van der Waals surface area contributed by atoms with E-state index in [1.807, 2.05) is 26.0 Å². The summed E-state index contributed by atoms with van der Waals surface area (Å²) in [7, 11) is 0. The van der Waals surface area contributed by atoms with Gasteiger partial charge in [0.1, 0.15) is 0 Å². The average Bonchev–Trinajstić information content (AvgIpc) is 2.39. The lowest BCUT2D eigenvalue weighted by molar-refractivity contribution is -0.0518. The number of hydrogen-bond donors (Lipinski definition) is 1. The molecule has 0 aliphatic carbocycles. The van der Waals surface area contributed by atoms with E-state index >= 15 is 0 Å². The van der Waals surface area contributed by atoms with E-state index in [4.69, 9.17) is 0 Å². The summed E-state index contributed by atoms with van der Waals surface area (Å²) < 4.78 is 29.4. The smallest absolute Gasteiger partial charge is 0.288 e. The highest BCUT2D eigenvalue weighted by molar-refractivity contribution is 5.36. The van der Waals surface area contributed by atoms with Crippen molar-refractivity contribution < 1.29 is 8.78 Å². The Hall–Kier alpha value is -0.960. The molecular weight excluding hydrogens is 244 g/mol. The SMILES string of the molecule is Cc1ccc(C(C)C)cc1C(F)(F)C1CCCCN1. The predicted molar refractivity (Wildman–Crippen MR) is 74.8 cm³/mol. The maximum absolute atomic E-state index is 14.7. The third-order valence-electron chi connectivity index (χ3n) is 4.04. The van der Waals surface area contributed by atoms with Gasteiger partial charge in [0.15, 0.2) is 0 Å². The second kappa shape index (κ2) is 5.58. The molecule has 1 saturated heterocycles. The molecule has 0 bridgehead atoms. The summed E-state index contributed by atoms with van der Waals surface area (Å²) in [5.41, 5.74) is 1.86. The van der Waals surface area contributed by atoms with Gasteiger partial charge in [-0.05, 0) is 49.4 Å². The molecule has 1 fully saturated rings. The summed E-state index contributed by atoms with van der Waals surface area (Å²) in [6.07, 6.45) is 2.44. The number of nitrogens with one attached hydrogen (secondary N) is 1. The Morgan fingerprint density at radius 3 is 2.58 bits per heavy atom. The Labute approximate surface area is 114 Å². The number of piperidine rings is 1. The van der Waals surface area contributed by atoms with Crippen molar-refractivity contribution in [1.29, 1.82) is 0 Å². The fourth-order valence-corrected chi connectivity index (χ4v) is 2.71. The van der Waals surface area contributed by atoms with Crippen LogP contribution in [0.25, 0.3) is 0 Å². The van der Waals surface area contributed by atoms with Crippen LogP contribution in [0.3, 0.4) is 0 Å². The highest BCUT2D eigenvalue weighted by Crippen LogP contribution is 2.38. The summed E-state index contributed by atoms with van der Waals surface area (Å²) in [5, 5.41) is 2.98. The summed E-state index contributed by atoms with van der Waals surface area (Å²) in [6.45, 7) is 6.54. The number of rotatable bonds is 3. The van der Waals surface area contributed by atoms with E-state index in [0.717, 1.165) is 18.4 Å². The minimum atomic E-state index is -2.78. The molecule has 1 aromatic rings. The molecule has 1 aliphatic heterocycles. The number of benzene rings is 1. The zero-order valence-electron chi connectivity index (χ0n) is 12.0. The van der Waals surface area contributed by atoms with Crippen LogP contribution < -0.4 is 5.32 Å². The van der Waals surface area contributed by atoms with E-state index in [1.54, 1.807) is 13.0 Å². The van der Waals surface area contributed by atoms with Crippen molar-refractivity contribution in [2.45, 2.75) is 57.9 Å². The first-order valence-corrected chi connectivity index (χ1v) is 7.15. The van der Waals surface area contributed by atoms with Crippen molar-refractivity contribution >= 4 is 0 Å². The van der Waals surface area contributed by atoms with Crippen LogP contribution in [0.1, 0.15) is 55.7 Å². The van der Waals surface area contributed by atoms with Crippen LogP contribution in [-0.4, -0.2) is 12.6 Å². The average molecular weight is 267 g/mol. The maximum Gasteiger partial charge on any atom is 0.288 e. The van der Waals surface area contributed by atoms with Gasteiger partial charge in [-0.15, -0.1) is 0 Å². The molecule has 1 N–H and O–H groups in total. The number of hydrogen-bond acceptors (Lipinski definition) is 1. The zero-order valence-corrected chi connectivity index (χ0v) is 12.0. The fourth-order valence-electron chi connectivity index (χ4n) is 2.71. The Bertz CT molecular complexity index is 434. The van der Waals surface area contributed by atoms with Crippen LogP contribution in [0, 0.1) is 6.92 Å². The molecule has 106 valence electrons. The Morgan fingerprint density at radius 1 is 1.26 bits per heavy atom. The van der Waals surface area contributed by atoms with E-state index < -0.39 is 12.0 Å². The zero-order chi connectivity index (χ0) is 14.0. The van der Waals surface area contributed by atoms with Crippen LogP contribution in [0.4, 0.5) is 8.78 Å². The van der Waals surface area contributed by atoms with Gasteiger partial charge < -0.3 is 5.32 Å². The third-order valence-corrected chi connectivity index (χ3v) is 4.04. The molecule has 1 aromatic carbocycles. The van der Waals surface area contributed by atoms with E-state index in [2.05, 4.69) is 5.32 Å². The minimum absolute atomic E-state index is 0.193. The minimum Gasteiger partial charge on any atom is -0.308 e. The van der Waals surface area contributed by atoms with E-state index in [9.17, 15) is 8.78 Å². The lowest BCUT2D eigenvalue weighted by Crippen LogP contribution is -2.46. The molecule has 3 heteroatoms. The first kappa shape index (κ1) is 14.4. The molecule has 2 rings (SSSR count). The van der Waals surface area contributed by atoms with Gasteiger partial charge in [-0.2, -0.15) is 8.78 Å². The molecule has 0 radical (unpaired) electrons. The largest absolute Gasteiger partial charge is 0.308 e. The lowest BCUT2D eigenvalue weighted by Gasteiger charge is -2.32. The highest BCUT2D eigenvalue weighted by Gasteiger charge is 2.42. The van der Waals surface area contributed by atoms with Crippen LogP contribution in [0.2, 0.25) is 0 Å². The van der Waals surface area contributed by atoms with Crippen molar-refractivity contribution in [2.24, 2.45) is 0 Å². The normalized spacial score (nSPS) is 20.8. The summed E-state index contributed by atoms with van der Waals surface area (Å²) in [5.74, 6) is -2.51. The molecule has 1 aliphatic rings. The Morgan fingerprint density at radius 2 is 2.00 bits per heavy atom. The molecule has 1 nitrogen and oxygen atoms in total. The molecule has 1 atom stereocenters. The first-order chi connectivity index (χ1) is 8.93. The first-order valence-electron chi connectivity index (χ1n) is 7.15. The van der Waals surface area contributed by atoms with E-state index in [-0.39, 0.29) is 11.5 Å². The van der Waals surface area contributed by atoms with Crippen LogP contribution >= 0.6 is 0 Å². The summed E-state index contributed by atoms with van der Waals surface area (Å²) >= 11 is 0. The number of aryl methyl sites for hydroxylation is 1. The van der Waals surface area contributed by atoms with Gasteiger partial charge in [0.05, 0.1) is 6.04 Å². The monoisotopic (exact) mass is 267 g/mol. The molecule has 0 saturated carbocycles. The van der Waals surface area contributed by atoms with Gasteiger partial charge in [-0.3, -0.25) is 0 Å². The van der Waals surface area contributed by atoms with Crippen LogP contribution in [0.15, 0.2) is 18.2 Å². The van der Waals surface area contributed by atoms with Gasteiger partial charge >= 0.3 is 0 Å². The second-order valence-electron chi connectivity index (χ2n) is 5.85. The van der Waals surface area contributed by atoms with Gasteiger partial charge in [0.25, 0.3) is 5.92 Å². The van der Waals surface area contributed by atoms with E-state index in [0.29, 0.717) is 18.5 Å².